The van der Waals surface area contributed by atoms with E-state index in [1.807, 2.05) is 0 Å². The Bertz CT molecular complexity index is 1200. The van der Waals surface area contributed by atoms with Crippen LogP contribution in [-0.4, -0.2) is 40.3 Å². The number of anilines is 2. The third kappa shape index (κ3) is 2.21. The number of hydrogen-bond donors (Lipinski definition) is 4. The van der Waals surface area contributed by atoms with Gasteiger partial charge in [-0.1, -0.05) is 0 Å². The molecule has 0 aliphatic rings. The first-order chi connectivity index (χ1) is 12.7. The van der Waals surface area contributed by atoms with Gasteiger partial charge in [-0.2, -0.15) is 10.2 Å². The number of hydrogen-bond acceptors (Lipinski definition) is 6. The highest BCUT2D eigenvalue weighted by atomic mass is 15.2. The van der Waals surface area contributed by atoms with Crippen molar-refractivity contribution >= 4 is 33.6 Å². The first-order valence-corrected chi connectivity index (χ1v) is 8.11. The summed E-state index contributed by atoms with van der Waals surface area (Å²) in [6.45, 7) is 4.16. The molecule has 0 saturated heterocycles. The van der Waals surface area contributed by atoms with Crippen LogP contribution in [0.25, 0.3) is 33.6 Å². The quantitative estimate of drug-likeness (QED) is 0.398. The zero-order valence-corrected chi connectivity index (χ0v) is 14.1. The maximum Gasteiger partial charge on any atom is 0.161 e. The summed E-state index contributed by atoms with van der Waals surface area (Å²) in [7, 11) is 0. The Balaban J connectivity index is 1.58. The van der Waals surface area contributed by atoms with Crippen molar-refractivity contribution in [1.82, 2.24) is 40.3 Å². The Morgan fingerprint density at radius 1 is 1.08 bits per heavy atom. The van der Waals surface area contributed by atoms with Gasteiger partial charge < -0.3 is 10.3 Å². The molecular formula is C17H15N9. The number of rotatable bonds is 3. The van der Waals surface area contributed by atoms with Gasteiger partial charge in [-0.05, 0) is 37.1 Å². The Kier molecular flexibility index (Phi) is 3.02. The van der Waals surface area contributed by atoms with Gasteiger partial charge in [-0.25, -0.2) is 15.0 Å². The maximum absolute atomic E-state index is 4.68. The molecule has 1 aromatic carbocycles. The number of nitrogens with zero attached hydrogens (tertiary/aromatic N) is 5. The van der Waals surface area contributed by atoms with E-state index in [1.165, 1.54) is 17.5 Å². The van der Waals surface area contributed by atoms with Crippen LogP contribution in [0.5, 0.6) is 0 Å². The predicted octanol–water partition coefficient (Wildman–Crippen LogP) is 2.98. The van der Waals surface area contributed by atoms with Crippen LogP contribution in [-0.2, 0) is 0 Å². The number of imidazole rings is 1. The van der Waals surface area contributed by atoms with Gasteiger partial charge >= 0.3 is 0 Å². The molecule has 0 radical (unpaired) electrons. The summed E-state index contributed by atoms with van der Waals surface area (Å²) in [5.41, 5.74) is 6.44. The molecule has 26 heavy (non-hydrogen) atoms. The van der Waals surface area contributed by atoms with Crippen molar-refractivity contribution in [1.29, 1.82) is 0 Å². The molecule has 0 unspecified atom stereocenters. The molecule has 9 heteroatoms. The van der Waals surface area contributed by atoms with Crippen LogP contribution in [0, 0.1) is 13.8 Å². The molecule has 128 valence electrons. The van der Waals surface area contributed by atoms with Crippen molar-refractivity contribution < 1.29 is 0 Å². The number of nitrogens with one attached hydrogen (secondary N) is 4. The SMILES string of the molecule is Cc1cc2nc(-c3n[nH]cc3Nc3ncnc4[nH]ncc34)[nH]c2cc1C. The molecule has 0 spiro atoms. The van der Waals surface area contributed by atoms with Crippen LogP contribution >= 0.6 is 0 Å². The molecule has 0 bridgehead atoms. The second kappa shape index (κ2) is 5.38. The topological polar surface area (TPSA) is 124 Å². The third-order valence-corrected chi connectivity index (χ3v) is 4.46. The van der Waals surface area contributed by atoms with Crippen LogP contribution in [0.1, 0.15) is 11.1 Å². The molecule has 0 fully saturated rings. The summed E-state index contributed by atoms with van der Waals surface area (Å²) in [4.78, 5) is 16.5. The first-order valence-electron chi connectivity index (χ1n) is 8.11. The van der Waals surface area contributed by atoms with Gasteiger partial charge in [0.25, 0.3) is 0 Å². The zero-order valence-electron chi connectivity index (χ0n) is 14.1. The molecule has 5 rings (SSSR count). The molecule has 4 N–H and O–H groups in total. The smallest absolute Gasteiger partial charge is 0.161 e. The number of aryl methyl sites for hydroxylation is 2. The average Bonchev–Trinajstić information content (AvgIpc) is 3.34. The van der Waals surface area contributed by atoms with E-state index in [2.05, 4.69) is 71.6 Å². The van der Waals surface area contributed by atoms with Crippen LogP contribution in [0.2, 0.25) is 0 Å². The van der Waals surface area contributed by atoms with Gasteiger partial charge in [-0.3, -0.25) is 10.2 Å². The van der Waals surface area contributed by atoms with Crippen molar-refractivity contribution in [3.63, 3.8) is 0 Å². The minimum absolute atomic E-state index is 0.647. The summed E-state index contributed by atoms with van der Waals surface area (Å²) in [6.07, 6.45) is 4.94. The fraction of sp³-hybridized carbons (Fsp3) is 0.118. The summed E-state index contributed by atoms with van der Waals surface area (Å²) in [5.74, 6) is 1.33. The molecule has 0 aliphatic heterocycles. The number of aromatic nitrogens is 8. The molecule has 0 aliphatic carbocycles. The minimum atomic E-state index is 0.647. The van der Waals surface area contributed by atoms with Crippen molar-refractivity contribution in [3.8, 4) is 11.5 Å². The molecule has 0 atom stereocenters. The average molecular weight is 345 g/mol. The van der Waals surface area contributed by atoms with E-state index in [9.17, 15) is 0 Å². The van der Waals surface area contributed by atoms with E-state index < -0.39 is 0 Å². The van der Waals surface area contributed by atoms with Gasteiger partial charge in [-0.15, -0.1) is 0 Å². The standard InChI is InChI=1S/C17H15N9/c1-8-3-11-12(4-9(8)2)23-17(22-11)14-13(6-21-25-14)24-15-10-5-20-26-16(10)19-7-18-15/h3-7H,1-2H3,(H,21,25)(H,22,23)(H2,18,19,20,24,26). The van der Waals surface area contributed by atoms with Crippen LogP contribution in [0.3, 0.4) is 0 Å². The molecular weight excluding hydrogens is 330 g/mol. The highest BCUT2D eigenvalue weighted by molar-refractivity contribution is 5.90. The Morgan fingerprint density at radius 2 is 1.96 bits per heavy atom. The van der Waals surface area contributed by atoms with E-state index in [1.54, 1.807) is 12.4 Å². The fourth-order valence-electron chi connectivity index (χ4n) is 2.94. The lowest BCUT2D eigenvalue weighted by atomic mass is 10.1. The van der Waals surface area contributed by atoms with Gasteiger partial charge in [0.2, 0.25) is 0 Å². The fourth-order valence-corrected chi connectivity index (χ4v) is 2.94. The maximum atomic E-state index is 4.68. The summed E-state index contributed by atoms with van der Waals surface area (Å²) < 4.78 is 0. The van der Waals surface area contributed by atoms with Gasteiger partial charge in [0.1, 0.15) is 12.1 Å². The number of aromatic amines is 3. The van der Waals surface area contributed by atoms with Gasteiger partial charge in [0.05, 0.1) is 28.3 Å². The van der Waals surface area contributed by atoms with E-state index in [4.69, 9.17) is 0 Å². The largest absolute Gasteiger partial charge is 0.337 e. The molecule has 0 saturated carbocycles. The summed E-state index contributed by atoms with van der Waals surface area (Å²) in [5, 5.41) is 18.2. The minimum Gasteiger partial charge on any atom is -0.337 e. The van der Waals surface area contributed by atoms with Crippen LogP contribution < -0.4 is 5.32 Å². The second-order valence-corrected chi connectivity index (χ2v) is 6.17. The van der Waals surface area contributed by atoms with Crippen LogP contribution in [0.4, 0.5) is 11.5 Å². The molecule has 4 aromatic heterocycles. The Hall–Kier alpha value is -3.75. The number of fused-ring (bicyclic) bond motifs is 2. The summed E-state index contributed by atoms with van der Waals surface area (Å²) in [6, 6.07) is 4.17. The number of benzene rings is 1. The lowest BCUT2D eigenvalue weighted by Crippen LogP contribution is -1.96. The highest BCUT2D eigenvalue weighted by Crippen LogP contribution is 2.29. The van der Waals surface area contributed by atoms with Crippen molar-refractivity contribution in [2.45, 2.75) is 13.8 Å². The van der Waals surface area contributed by atoms with E-state index in [0.717, 1.165) is 22.1 Å². The van der Waals surface area contributed by atoms with Gasteiger partial charge in [0, 0.05) is 6.20 Å². The normalized spacial score (nSPS) is 11.5. The van der Waals surface area contributed by atoms with Crippen molar-refractivity contribution in [3.05, 3.63) is 42.0 Å². The molecule has 9 nitrogen and oxygen atoms in total. The lowest BCUT2D eigenvalue weighted by molar-refractivity contribution is 1.08. The van der Waals surface area contributed by atoms with E-state index in [-0.39, 0.29) is 0 Å². The van der Waals surface area contributed by atoms with Gasteiger partial charge in [0.15, 0.2) is 17.2 Å². The zero-order chi connectivity index (χ0) is 17.7. The second-order valence-electron chi connectivity index (χ2n) is 6.17. The first kappa shape index (κ1) is 14.6. The summed E-state index contributed by atoms with van der Waals surface area (Å²) >= 11 is 0. The number of H-pyrrole nitrogens is 3. The Morgan fingerprint density at radius 3 is 2.88 bits per heavy atom. The van der Waals surface area contributed by atoms with Crippen molar-refractivity contribution in [2.24, 2.45) is 0 Å². The van der Waals surface area contributed by atoms with E-state index >= 15 is 0 Å². The highest BCUT2D eigenvalue weighted by Gasteiger charge is 2.15. The third-order valence-electron chi connectivity index (χ3n) is 4.46. The van der Waals surface area contributed by atoms with Crippen LogP contribution in [0.15, 0.2) is 30.9 Å². The monoisotopic (exact) mass is 345 g/mol. The lowest BCUT2D eigenvalue weighted by Gasteiger charge is -2.04. The Labute approximate surface area is 147 Å². The van der Waals surface area contributed by atoms with E-state index in [0.29, 0.717) is 23.0 Å². The predicted molar refractivity (Wildman–Crippen MR) is 98.1 cm³/mol. The molecule has 5 aromatic rings. The molecule has 4 heterocycles. The van der Waals surface area contributed by atoms with Crippen molar-refractivity contribution in [2.75, 3.05) is 5.32 Å². The molecule has 0 amide bonds.